The first kappa shape index (κ1) is 24.2. The number of pyridine rings is 1. The van der Waals surface area contributed by atoms with Gasteiger partial charge >= 0.3 is 0 Å². The number of benzene rings is 2. The van der Waals surface area contributed by atoms with E-state index >= 15 is 0 Å². The standard InChI is InChI=1S/C28H27N3O7/c32-14-25-27-21(11-19(37-25)12-26(33)30-13-18-3-1-2-8-29-18)20-10-17(5-7-22(20)38-27)31-28(34)16-4-6-23-24(9-16)36-15-35-23/h1-10,19,21,25,27,32H,11-15H2,(H,30,33)(H,31,34)/t19-,21-,25-,27+/m0/s1. The number of fused-ring (bicyclic) bond motifs is 4. The zero-order valence-corrected chi connectivity index (χ0v) is 20.5. The fourth-order valence-corrected chi connectivity index (χ4v) is 5.18. The Morgan fingerprint density at radius 2 is 1.89 bits per heavy atom. The summed E-state index contributed by atoms with van der Waals surface area (Å²) in [6.07, 6.45) is 1.05. The average Bonchev–Trinajstić information content (AvgIpc) is 3.56. The molecule has 2 aromatic carbocycles. The molecule has 3 N–H and O–H groups in total. The van der Waals surface area contributed by atoms with Gasteiger partial charge in [0.15, 0.2) is 11.5 Å². The second-order valence-corrected chi connectivity index (χ2v) is 9.48. The zero-order chi connectivity index (χ0) is 26.1. The van der Waals surface area contributed by atoms with Crippen LogP contribution in [0.4, 0.5) is 5.69 Å². The van der Waals surface area contributed by atoms with E-state index in [1.165, 1.54) is 0 Å². The molecule has 0 aliphatic carbocycles. The number of anilines is 1. The lowest BCUT2D eigenvalue weighted by atomic mass is 9.84. The number of carbonyl (C=O) groups excluding carboxylic acids is 2. The van der Waals surface area contributed by atoms with Gasteiger partial charge < -0.3 is 34.7 Å². The third-order valence-electron chi connectivity index (χ3n) is 7.00. The van der Waals surface area contributed by atoms with Crippen molar-refractivity contribution in [3.63, 3.8) is 0 Å². The smallest absolute Gasteiger partial charge is 0.255 e. The minimum atomic E-state index is -0.568. The SMILES string of the molecule is O=C(C[C@@H]1C[C@H]2c3cc(NC(=O)c4ccc5c(c4)OCO5)ccc3O[C@H]2[C@H](CO)O1)NCc1ccccn1. The number of aromatic nitrogens is 1. The maximum atomic E-state index is 12.9. The molecular formula is C28H27N3O7. The topological polar surface area (TPSA) is 128 Å². The summed E-state index contributed by atoms with van der Waals surface area (Å²) in [5.41, 5.74) is 2.76. The first-order valence-electron chi connectivity index (χ1n) is 12.5. The molecule has 3 aliphatic rings. The van der Waals surface area contributed by atoms with E-state index in [0.29, 0.717) is 41.5 Å². The Hall–Kier alpha value is -4.15. The first-order valence-corrected chi connectivity index (χ1v) is 12.5. The Balaban J connectivity index is 1.13. The van der Waals surface area contributed by atoms with Crippen LogP contribution in [0.2, 0.25) is 0 Å². The lowest BCUT2D eigenvalue weighted by Gasteiger charge is -2.37. The molecule has 196 valence electrons. The van der Waals surface area contributed by atoms with E-state index in [-0.39, 0.29) is 43.7 Å². The van der Waals surface area contributed by atoms with E-state index in [2.05, 4.69) is 15.6 Å². The van der Waals surface area contributed by atoms with E-state index in [9.17, 15) is 14.7 Å². The molecule has 4 atom stereocenters. The number of ether oxygens (including phenoxy) is 4. The van der Waals surface area contributed by atoms with E-state index in [0.717, 1.165) is 11.3 Å². The molecule has 0 spiro atoms. The monoisotopic (exact) mass is 517 g/mol. The minimum absolute atomic E-state index is 0.0908. The molecule has 38 heavy (non-hydrogen) atoms. The molecule has 0 saturated carbocycles. The number of carbonyl (C=O) groups is 2. The maximum Gasteiger partial charge on any atom is 0.255 e. The van der Waals surface area contributed by atoms with Gasteiger partial charge in [-0.1, -0.05) is 6.07 Å². The van der Waals surface area contributed by atoms with Crippen LogP contribution in [0.5, 0.6) is 17.2 Å². The number of nitrogens with zero attached hydrogens (tertiary/aromatic N) is 1. The van der Waals surface area contributed by atoms with Crippen LogP contribution >= 0.6 is 0 Å². The molecule has 10 nitrogen and oxygen atoms in total. The molecule has 0 radical (unpaired) electrons. The Kier molecular flexibility index (Phi) is 6.57. The molecule has 3 aromatic rings. The summed E-state index contributed by atoms with van der Waals surface area (Å²) in [4.78, 5) is 29.7. The van der Waals surface area contributed by atoms with Gasteiger partial charge in [-0.2, -0.15) is 0 Å². The lowest BCUT2D eigenvalue weighted by molar-refractivity contribution is -0.142. The van der Waals surface area contributed by atoms with E-state index in [1.807, 2.05) is 30.3 Å². The van der Waals surface area contributed by atoms with Gasteiger partial charge in [-0.3, -0.25) is 14.6 Å². The van der Waals surface area contributed by atoms with Gasteiger partial charge in [-0.05, 0) is 55.0 Å². The normalized spacial score (nSPS) is 22.7. The van der Waals surface area contributed by atoms with E-state index in [4.69, 9.17) is 18.9 Å². The number of rotatable bonds is 7. The zero-order valence-electron chi connectivity index (χ0n) is 20.5. The molecular weight excluding hydrogens is 490 g/mol. The molecule has 1 saturated heterocycles. The van der Waals surface area contributed by atoms with Crippen molar-refractivity contribution in [2.45, 2.75) is 43.6 Å². The number of amides is 2. The molecule has 0 bridgehead atoms. The average molecular weight is 518 g/mol. The third kappa shape index (κ3) is 4.88. The minimum Gasteiger partial charge on any atom is -0.487 e. The molecule has 2 amide bonds. The highest BCUT2D eigenvalue weighted by atomic mass is 16.7. The second kappa shape index (κ2) is 10.3. The van der Waals surface area contributed by atoms with Gasteiger partial charge in [0.2, 0.25) is 12.7 Å². The van der Waals surface area contributed by atoms with E-state index < -0.39 is 12.2 Å². The van der Waals surface area contributed by atoms with Crippen molar-refractivity contribution >= 4 is 17.5 Å². The van der Waals surface area contributed by atoms with Crippen LogP contribution in [-0.4, -0.2) is 53.6 Å². The fourth-order valence-electron chi connectivity index (χ4n) is 5.18. The summed E-state index contributed by atoms with van der Waals surface area (Å²) in [7, 11) is 0. The highest BCUT2D eigenvalue weighted by Gasteiger charge is 2.46. The van der Waals surface area contributed by atoms with Crippen molar-refractivity contribution in [1.29, 1.82) is 0 Å². The summed E-state index contributed by atoms with van der Waals surface area (Å²) < 4.78 is 22.9. The van der Waals surface area contributed by atoms with Crippen LogP contribution in [0.1, 0.15) is 40.4 Å². The van der Waals surface area contributed by atoms with Gasteiger partial charge in [-0.15, -0.1) is 0 Å². The quantitative estimate of drug-likeness (QED) is 0.437. The summed E-state index contributed by atoms with van der Waals surface area (Å²) in [5, 5.41) is 15.8. The predicted octanol–water partition coefficient (Wildman–Crippen LogP) is 2.76. The molecule has 10 heteroatoms. The highest BCUT2D eigenvalue weighted by Crippen LogP contribution is 2.47. The van der Waals surface area contributed by atoms with Crippen LogP contribution in [-0.2, 0) is 16.1 Å². The van der Waals surface area contributed by atoms with Crippen molar-refractivity contribution < 1.29 is 33.6 Å². The fraction of sp³-hybridized carbons (Fsp3) is 0.321. The van der Waals surface area contributed by atoms with E-state index in [1.54, 1.807) is 30.5 Å². The summed E-state index contributed by atoms with van der Waals surface area (Å²) in [6.45, 7) is 0.244. The predicted molar refractivity (Wildman–Crippen MR) is 135 cm³/mol. The van der Waals surface area contributed by atoms with Crippen molar-refractivity contribution in [2.24, 2.45) is 0 Å². The molecule has 6 rings (SSSR count). The Morgan fingerprint density at radius 3 is 2.74 bits per heavy atom. The number of aliphatic hydroxyl groups is 1. The lowest BCUT2D eigenvalue weighted by Crippen LogP contribution is -2.47. The van der Waals surface area contributed by atoms with Gasteiger partial charge in [0.05, 0.1) is 31.4 Å². The third-order valence-corrected chi connectivity index (χ3v) is 7.00. The Bertz CT molecular complexity index is 1350. The molecule has 4 heterocycles. The van der Waals surface area contributed by atoms with Crippen molar-refractivity contribution in [3.8, 4) is 17.2 Å². The largest absolute Gasteiger partial charge is 0.487 e. The summed E-state index contributed by atoms with van der Waals surface area (Å²) >= 11 is 0. The van der Waals surface area contributed by atoms with Crippen molar-refractivity contribution in [3.05, 3.63) is 77.6 Å². The second-order valence-electron chi connectivity index (χ2n) is 9.48. The number of hydrogen-bond acceptors (Lipinski definition) is 8. The molecule has 0 unspecified atom stereocenters. The van der Waals surface area contributed by atoms with Gasteiger partial charge in [0.1, 0.15) is 18.0 Å². The first-order chi connectivity index (χ1) is 18.6. The van der Waals surface area contributed by atoms with Crippen LogP contribution in [0.3, 0.4) is 0 Å². The summed E-state index contributed by atoms with van der Waals surface area (Å²) in [5.74, 6) is 1.31. The van der Waals surface area contributed by atoms with Crippen LogP contribution in [0, 0.1) is 0 Å². The van der Waals surface area contributed by atoms with Gasteiger partial charge in [-0.25, -0.2) is 0 Å². The van der Waals surface area contributed by atoms with Crippen LogP contribution < -0.4 is 24.8 Å². The van der Waals surface area contributed by atoms with Crippen molar-refractivity contribution in [1.82, 2.24) is 10.3 Å². The van der Waals surface area contributed by atoms with Gasteiger partial charge in [0.25, 0.3) is 5.91 Å². The number of aliphatic hydroxyl groups excluding tert-OH is 1. The van der Waals surface area contributed by atoms with Gasteiger partial charge in [0, 0.05) is 28.9 Å². The maximum absolute atomic E-state index is 12.9. The number of nitrogens with one attached hydrogen (secondary N) is 2. The van der Waals surface area contributed by atoms with Crippen molar-refractivity contribution in [2.75, 3.05) is 18.7 Å². The van der Waals surface area contributed by atoms with Crippen LogP contribution in [0.25, 0.3) is 0 Å². The Labute approximate surface area is 218 Å². The molecule has 1 fully saturated rings. The molecule has 3 aliphatic heterocycles. The summed E-state index contributed by atoms with van der Waals surface area (Å²) in [6, 6.07) is 16.1. The Morgan fingerprint density at radius 1 is 1.03 bits per heavy atom. The highest BCUT2D eigenvalue weighted by molar-refractivity contribution is 6.04. The number of hydrogen-bond donors (Lipinski definition) is 3. The molecule has 1 aromatic heterocycles. The van der Waals surface area contributed by atoms with Crippen LogP contribution in [0.15, 0.2) is 60.8 Å².